The number of benzene rings is 1. The van der Waals surface area contributed by atoms with Crippen molar-refractivity contribution in [2.24, 2.45) is 0 Å². The molecular formula is C19H26N4O3. The molecule has 4 rings (SSSR count). The number of ether oxygens (including phenoxy) is 1. The number of phenolic OH excluding ortho intramolecular Hbond substituents is 1. The van der Waals surface area contributed by atoms with E-state index in [0.717, 1.165) is 30.2 Å². The largest absolute Gasteiger partial charge is 0.508 e. The fourth-order valence-corrected chi connectivity index (χ4v) is 4.01. The van der Waals surface area contributed by atoms with Crippen molar-refractivity contribution in [1.29, 1.82) is 0 Å². The molecule has 140 valence electrons. The number of hydrogen-bond acceptors (Lipinski definition) is 5. The summed E-state index contributed by atoms with van der Waals surface area (Å²) in [5.41, 5.74) is 1.22. The molecule has 7 heteroatoms. The van der Waals surface area contributed by atoms with Crippen LogP contribution in [-0.2, 0) is 4.74 Å². The summed E-state index contributed by atoms with van der Waals surface area (Å²) in [4.78, 5) is 13.0. The summed E-state index contributed by atoms with van der Waals surface area (Å²) in [6.45, 7) is 5.55. The highest BCUT2D eigenvalue weighted by atomic mass is 16.5. The van der Waals surface area contributed by atoms with Crippen LogP contribution in [0.1, 0.15) is 49.6 Å². The fourth-order valence-electron chi connectivity index (χ4n) is 4.01. The monoisotopic (exact) mass is 358 g/mol. The summed E-state index contributed by atoms with van der Waals surface area (Å²) < 4.78 is 7.41. The van der Waals surface area contributed by atoms with Crippen LogP contribution in [0.3, 0.4) is 0 Å². The van der Waals surface area contributed by atoms with Gasteiger partial charge < -0.3 is 20.5 Å². The Balaban J connectivity index is 1.60. The summed E-state index contributed by atoms with van der Waals surface area (Å²) in [5, 5.41) is 21.9. The molecule has 0 spiro atoms. The minimum Gasteiger partial charge on any atom is -0.508 e. The van der Waals surface area contributed by atoms with Gasteiger partial charge in [0, 0.05) is 35.6 Å². The second-order valence-corrected chi connectivity index (χ2v) is 7.49. The van der Waals surface area contributed by atoms with Crippen molar-refractivity contribution < 1.29 is 14.6 Å². The molecule has 0 saturated carbocycles. The lowest BCUT2D eigenvalue weighted by atomic mass is 9.92. The van der Waals surface area contributed by atoms with Crippen molar-refractivity contribution in [2.75, 3.05) is 13.2 Å². The van der Waals surface area contributed by atoms with Gasteiger partial charge in [0.15, 0.2) is 5.69 Å². The molecular weight excluding hydrogens is 332 g/mol. The quantitative estimate of drug-likeness (QED) is 0.778. The molecule has 2 saturated heterocycles. The highest BCUT2D eigenvalue weighted by molar-refractivity contribution is 6.05. The zero-order valence-corrected chi connectivity index (χ0v) is 15.2. The minimum absolute atomic E-state index is 0.128. The summed E-state index contributed by atoms with van der Waals surface area (Å²) >= 11 is 0. The summed E-state index contributed by atoms with van der Waals surface area (Å²) in [7, 11) is 0. The van der Waals surface area contributed by atoms with Gasteiger partial charge in [-0.15, -0.1) is 0 Å². The number of hydrogen-bond donors (Lipinski definition) is 3. The molecule has 3 heterocycles. The molecule has 1 aromatic heterocycles. The molecule has 2 aromatic rings. The van der Waals surface area contributed by atoms with E-state index in [1.165, 1.54) is 0 Å². The standard InChI is InChI=1S/C19H26N4O3/c1-3-11(2)23-17-8-15(24)4-5-16(17)18(22-23)19(25)21-12-6-13-9-26-10-14(7-12)20-13/h4-5,8,11-14,20,24H,3,6-7,9-10H2,1-2H3,(H,21,25)/t11-,12-,13-,14+/m0/s1. The predicted octanol–water partition coefficient (Wildman–Crippen LogP) is 1.96. The Kier molecular flexibility index (Phi) is 4.58. The number of amides is 1. The molecule has 4 atom stereocenters. The highest BCUT2D eigenvalue weighted by Gasteiger charge is 2.33. The Hall–Kier alpha value is -2.12. The molecule has 3 N–H and O–H groups in total. The van der Waals surface area contributed by atoms with Crippen LogP contribution in [0.15, 0.2) is 18.2 Å². The number of aromatic nitrogens is 2. The van der Waals surface area contributed by atoms with E-state index >= 15 is 0 Å². The molecule has 2 bridgehead atoms. The van der Waals surface area contributed by atoms with E-state index in [2.05, 4.69) is 29.6 Å². The third-order valence-corrected chi connectivity index (χ3v) is 5.50. The molecule has 7 nitrogen and oxygen atoms in total. The number of phenols is 1. The zero-order chi connectivity index (χ0) is 18.3. The lowest BCUT2D eigenvalue weighted by Gasteiger charge is -2.40. The van der Waals surface area contributed by atoms with Crippen LogP contribution in [0, 0.1) is 0 Å². The van der Waals surface area contributed by atoms with Crippen molar-refractivity contribution in [3.05, 3.63) is 23.9 Å². The molecule has 2 aliphatic rings. The van der Waals surface area contributed by atoms with Crippen LogP contribution in [0.2, 0.25) is 0 Å². The lowest BCUT2D eigenvalue weighted by Crippen LogP contribution is -2.58. The van der Waals surface area contributed by atoms with Crippen LogP contribution in [0.5, 0.6) is 5.75 Å². The first-order valence-electron chi connectivity index (χ1n) is 9.41. The van der Waals surface area contributed by atoms with Gasteiger partial charge in [-0.2, -0.15) is 5.10 Å². The lowest BCUT2D eigenvalue weighted by molar-refractivity contribution is 0.0148. The van der Waals surface area contributed by atoms with Crippen molar-refractivity contribution in [3.63, 3.8) is 0 Å². The Morgan fingerprint density at radius 3 is 2.85 bits per heavy atom. The number of piperidine rings is 1. The highest BCUT2D eigenvalue weighted by Crippen LogP contribution is 2.27. The van der Waals surface area contributed by atoms with Crippen LogP contribution >= 0.6 is 0 Å². The third kappa shape index (κ3) is 3.17. The Morgan fingerprint density at radius 1 is 1.42 bits per heavy atom. The number of fused-ring (bicyclic) bond motifs is 3. The van der Waals surface area contributed by atoms with E-state index in [4.69, 9.17) is 4.74 Å². The average molecular weight is 358 g/mol. The van der Waals surface area contributed by atoms with Gasteiger partial charge >= 0.3 is 0 Å². The van der Waals surface area contributed by atoms with Gasteiger partial charge in [-0.3, -0.25) is 9.48 Å². The number of aromatic hydroxyl groups is 1. The summed E-state index contributed by atoms with van der Waals surface area (Å²) in [6, 6.07) is 5.94. The maximum atomic E-state index is 13.0. The fraction of sp³-hybridized carbons (Fsp3) is 0.579. The molecule has 1 aromatic carbocycles. The molecule has 0 unspecified atom stereocenters. The number of nitrogens with one attached hydrogen (secondary N) is 2. The molecule has 0 aliphatic carbocycles. The first-order chi connectivity index (χ1) is 12.5. The van der Waals surface area contributed by atoms with Crippen molar-refractivity contribution >= 4 is 16.8 Å². The van der Waals surface area contributed by atoms with Gasteiger partial charge in [0.25, 0.3) is 5.91 Å². The maximum absolute atomic E-state index is 13.0. The summed E-state index contributed by atoms with van der Waals surface area (Å²) in [5.74, 6) is 0.0359. The number of carbonyl (C=O) groups is 1. The van der Waals surface area contributed by atoms with E-state index in [-0.39, 0.29) is 23.7 Å². The predicted molar refractivity (Wildman–Crippen MR) is 98.4 cm³/mol. The molecule has 0 radical (unpaired) electrons. The first-order valence-corrected chi connectivity index (χ1v) is 9.41. The van der Waals surface area contributed by atoms with E-state index < -0.39 is 0 Å². The minimum atomic E-state index is -0.145. The number of nitrogens with zero attached hydrogens (tertiary/aromatic N) is 2. The van der Waals surface area contributed by atoms with Crippen LogP contribution in [0.25, 0.3) is 10.9 Å². The van der Waals surface area contributed by atoms with Gasteiger partial charge in [-0.25, -0.2) is 0 Å². The topological polar surface area (TPSA) is 88.4 Å². The van der Waals surface area contributed by atoms with E-state index in [1.807, 2.05) is 4.68 Å². The van der Waals surface area contributed by atoms with Gasteiger partial charge in [0.05, 0.1) is 18.7 Å². The maximum Gasteiger partial charge on any atom is 0.272 e. The van der Waals surface area contributed by atoms with Gasteiger partial charge in [-0.1, -0.05) is 6.92 Å². The van der Waals surface area contributed by atoms with Gasteiger partial charge in [-0.05, 0) is 38.3 Å². The number of carbonyl (C=O) groups excluding carboxylic acids is 1. The van der Waals surface area contributed by atoms with Crippen LogP contribution in [0.4, 0.5) is 0 Å². The van der Waals surface area contributed by atoms with E-state index in [0.29, 0.717) is 31.0 Å². The van der Waals surface area contributed by atoms with Gasteiger partial charge in [0.1, 0.15) is 5.75 Å². The molecule has 2 aliphatic heterocycles. The Morgan fingerprint density at radius 2 is 2.15 bits per heavy atom. The second kappa shape index (κ2) is 6.89. The van der Waals surface area contributed by atoms with E-state index in [9.17, 15) is 9.90 Å². The van der Waals surface area contributed by atoms with Crippen molar-refractivity contribution in [3.8, 4) is 5.75 Å². The van der Waals surface area contributed by atoms with Crippen LogP contribution in [-0.4, -0.2) is 52.1 Å². The number of rotatable bonds is 4. The SMILES string of the molecule is CC[C@H](C)n1nc(C(=O)N[C@H]2C[C@H]3COC[C@@H](C2)N3)c2ccc(O)cc21. The van der Waals surface area contributed by atoms with Crippen molar-refractivity contribution in [2.45, 2.75) is 57.3 Å². The molecule has 2 fully saturated rings. The second-order valence-electron chi connectivity index (χ2n) is 7.49. The first kappa shape index (κ1) is 17.3. The average Bonchev–Trinajstić information content (AvgIpc) is 2.99. The van der Waals surface area contributed by atoms with Crippen molar-refractivity contribution in [1.82, 2.24) is 20.4 Å². The number of morpholine rings is 1. The smallest absolute Gasteiger partial charge is 0.272 e. The Labute approximate surface area is 152 Å². The Bertz CT molecular complexity index is 806. The van der Waals surface area contributed by atoms with E-state index in [1.54, 1.807) is 18.2 Å². The van der Waals surface area contributed by atoms with Crippen LogP contribution < -0.4 is 10.6 Å². The summed E-state index contributed by atoms with van der Waals surface area (Å²) in [6.07, 6.45) is 2.63. The zero-order valence-electron chi connectivity index (χ0n) is 15.2. The normalized spacial score (nSPS) is 26.6. The third-order valence-electron chi connectivity index (χ3n) is 5.50. The molecule has 1 amide bonds. The van der Waals surface area contributed by atoms with Gasteiger partial charge in [0.2, 0.25) is 0 Å². The molecule has 26 heavy (non-hydrogen) atoms.